The first kappa shape index (κ1) is 24.4. The number of rotatable bonds is 7. The molecule has 0 aromatic carbocycles. The van der Waals surface area contributed by atoms with E-state index in [2.05, 4.69) is 40.4 Å². The number of ketones is 1. The van der Waals surface area contributed by atoms with Crippen molar-refractivity contribution in [1.82, 2.24) is 4.90 Å². The summed E-state index contributed by atoms with van der Waals surface area (Å²) in [5.41, 5.74) is -0.227. The fraction of sp³-hybridized carbons (Fsp3) is 0.700. The van der Waals surface area contributed by atoms with Crippen molar-refractivity contribution in [2.75, 3.05) is 6.54 Å². The summed E-state index contributed by atoms with van der Waals surface area (Å²) in [6, 6.07) is -0.349. The molecule has 26 heavy (non-hydrogen) atoms. The van der Waals surface area contributed by atoms with Gasteiger partial charge in [0.15, 0.2) is 5.78 Å². The SMILES string of the molecule is C=C(C)C(=O)CN(C(=O)OC(C)(C)C)C(C)C=CO[Si](C)(C)C(C)(C)C. The van der Waals surface area contributed by atoms with Crippen LogP contribution >= 0.6 is 0 Å². The second-order valence-corrected chi connectivity index (χ2v) is 14.0. The average molecular weight is 384 g/mol. The molecule has 0 aromatic heterocycles. The summed E-state index contributed by atoms with van der Waals surface area (Å²) in [7, 11) is -1.92. The zero-order valence-corrected chi connectivity index (χ0v) is 19.2. The Bertz CT molecular complexity index is 553. The molecule has 0 fully saturated rings. The molecule has 0 saturated heterocycles. The topological polar surface area (TPSA) is 55.8 Å². The van der Waals surface area contributed by atoms with Crippen LogP contribution in [0.15, 0.2) is 24.5 Å². The van der Waals surface area contributed by atoms with Gasteiger partial charge in [0, 0.05) is 0 Å². The van der Waals surface area contributed by atoms with Crippen LogP contribution < -0.4 is 0 Å². The van der Waals surface area contributed by atoms with Crippen molar-refractivity contribution < 1.29 is 18.8 Å². The van der Waals surface area contributed by atoms with Crippen LogP contribution in [-0.2, 0) is 14.0 Å². The third-order valence-electron chi connectivity index (χ3n) is 4.44. The Hall–Kier alpha value is -1.56. The van der Waals surface area contributed by atoms with Gasteiger partial charge in [-0.15, -0.1) is 0 Å². The maximum Gasteiger partial charge on any atom is 0.411 e. The molecule has 0 saturated carbocycles. The van der Waals surface area contributed by atoms with Gasteiger partial charge < -0.3 is 9.16 Å². The van der Waals surface area contributed by atoms with Crippen molar-refractivity contribution in [3.05, 3.63) is 24.5 Å². The first-order chi connectivity index (χ1) is 11.5. The molecular weight excluding hydrogens is 346 g/mol. The highest BCUT2D eigenvalue weighted by atomic mass is 28.4. The van der Waals surface area contributed by atoms with E-state index in [0.29, 0.717) is 5.57 Å². The minimum absolute atomic E-state index is 0.0736. The monoisotopic (exact) mass is 383 g/mol. The van der Waals surface area contributed by atoms with Gasteiger partial charge in [0.25, 0.3) is 0 Å². The molecule has 0 aromatic rings. The molecule has 0 aliphatic carbocycles. The molecule has 0 aliphatic rings. The van der Waals surface area contributed by atoms with Crippen LogP contribution in [0.5, 0.6) is 0 Å². The summed E-state index contributed by atoms with van der Waals surface area (Å²) >= 11 is 0. The lowest BCUT2D eigenvalue weighted by atomic mass is 10.2. The molecule has 0 aliphatic heterocycles. The number of hydrogen-bond donors (Lipinski definition) is 0. The zero-order chi connectivity index (χ0) is 20.9. The van der Waals surface area contributed by atoms with E-state index in [0.717, 1.165) is 0 Å². The summed E-state index contributed by atoms with van der Waals surface area (Å²) in [6.45, 7) is 23.2. The van der Waals surface area contributed by atoms with Crippen molar-refractivity contribution in [3.8, 4) is 0 Å². The molecule has 0 rings (SSSR count). The van der Waals surface area contributed by atoms with Crippen LogP contribution in [0.2, 0.25) is 18.1 Å². The van der Waals surface area contributed by atoms with Crippen LogP contribution in [0.1, 0.15) is 55.4 Å². The number of carbonyl (C=O) groups excluding carboxylic acids is 2. The number of Topliss-reactive ketones (excluding diaryl/α,β-unsaturated/α-hetero) is 1. The van der Waals surface area contributed by atoms with Gasteiger partial charge in [-0.05, 0) is 64.4 Å². The number of hydrogen-bond acceptors (Lipinski definition) is 4. The minimum Gasteiger partial charge on any atom is -0.549 e. The summed E-state index contributed by atoms with van der Waals surface area (Å²) in [5, 5.41) is 0.0847. The predicted octanol–water partition coefficient (Wildman–Crippen LogP) is 5.29. The fourth-order valence-corrected chi connectivity index (χ4v) is 2.36. The van der Waals surface area contributed by atoms with E-state index in [1.54, 1.807) is 40.0 Å². The third kappa shape index (κ3) is 8.21. The molecule has 150 valence electrons. The van der Waals surface area contributed by atoms with Crippen LogP contribution in [-0.4, -0.2) is 43.3 Å². The van der Waals surface area contributed by atoms with E-state index in [-0.39, 0.29) is 23.4 Å². The van der Waals surface area contributed by atoms with Crippen molar-refractivity contribution in [2.45, 2.75) is 85.2 Å². The average Bonchev–Trinajstić information content (AvgIpc) is 2.40. The second kappa shape index (κ2) is 8.89. The number of ether oxygens (including phenoxy) is 1. The van der Waals surface area contributed by atoms with E-state index < -0.39 is 20.0 Å². The Morgan fingerprint density at radius 3 is 2.04 bits per heavy atom. The van der Waals surface area contributed by atoms with Crippen LogP contribution in [0.4, 0.5) is 4.79 Å². The molecule has 6 heteroatoms. The van der Waals surface area contributed by atoms with E-state index >= 15 is 0 Å². The second-order valence-electron chi connectivity index (χ2n) is 9.26. The van der Waals surface area contributed by atoms with Gasteiger partial charge in [0.2, 0.25) is 8.32 Å². The minimum atomic E-state index is -1.92. The lowest BCUT2D eigenvalue weighted by molar-refractivity contribution is -0.117. The summed E-state index contributed by atoms with van der Waals surface area (Å²) in [5.74, 6) is -0.193. The van der Waals surface area contributed by atoms with Gasteiger partial charge in [0.05, 0.1) is 18.8 Å². The first-order valence-corrected chi connectivity index (χ1v) is 11.9. The standard InChI is InChI=1S/C20H37NO4Si/c1-15(2)17(22)14-21(18(23)25-19(4,5)6)16(3)12-13-24-26(10,11)20(7,8)9/h12-13,16H,1,14H2,2-11H3. The van der Waals surface area contributed by atoms with Gasteiger partial charge >= 0.3 is 6.09 Å². The van der Waals surface area contributed by atoms with Crippen LogP contribution in [0.25, 0.3) is 0 Å². The Labute approximate surface area is 160 Å². The molecule has 0 heterocycles. The third-order valence-corrected chi connectivity index (χ3v) is 8.77. The highest BCUT2D eigenvalue weighted by Crippen LogP contribution is 2.36. The van der Waals surface area contributed by atoms with Gasteiger partial charge in [-0.3, -0.25) is 9.69 Å². The molecule has 0 bridgehead atoms. The van der Waals surface area contributed by atoms with Crippen molar-refractivity contribution >= 4 is 20.2 Å². The van der Waals surface area contributed by atoms with E-state index in [4.69, 9.17) is 9.16 Å². The summed E-state index contributed by atoms with van der Waals surface area (Å²) in [6.07, 6.45) is 2.91. The maximum atomic E-state index is 12.5. The lowest BCUT2D eigenvalue weighted by Gasteiger charge is -2.35. The highest BCUT2D eigenvalue weighted by molar-refractivity contribution is 6.74. The number of carbonyl (C=O) groups is 2. The summed E-state index contributed by atoms with van der Waals surface area (Å²) < 4.78 is 11.5. The Kier molecular flexibility index (Phi) is 8.35. The fourth-order valence-electron chi connectivity index (χ4n) is 1.59. The predicted molar refractivity (Wildman–Crippen MR) is 110 cm³/mol. The van der Waals surface area contributed by atoms with E-state index in [1.165, 1.54) is 4.90 Å². The van der Waals surface area contributed by atoms with Crippen molar-refractivity contribution in [1.29, 1.82) is 0 Å². The van der Waals surface area contributed by atoms with Gasteiger partial charge in [-0.1, -0.05) is 27.4 Å². The van der Waals surface area contributed by atoms with Gasteiger partial charge in [0.1, 0.15) is 5.60 Å². The van der Waals surface area contributed by atoms with Crippen LogP contribution in [0, 0.1) is 0 Å². The van der Waals surface area contributed by atoms with Gasteiger partial charge in [-0.25, -0.2) is 4.79 Å². The molecule has 0 radical (unpaired) electrons. The first-order valence-electron chi connectivity index (χ1n) is 9.01. The molecule has 5 nitrogen and oxygen atoms in total. The summed E-state index contributed by atoms with van der Waals surface area (Å²) in [4.78, 5) is 26.0. The zero-order valence-electron chi connectivity index (χ0n) is 18.2. The number of amides is 1. The molecule has 0 spiro atoms. The van der Waals surface area contributed by atoms with E-state index in [9.17, 15) is 9.59 Å². The largest absolute Gasteiger partial charge is 0.549 e. The normalized spacial score (nSPS) is 14.1. The lowest BCUT2D eigenvalue weighted by Crippen LogP contribution is -2.44. The molecule has 1 amide bonds. The Balaban J connectivity index is 5.29. The molecule has 0 N–H and O–H groups in total. The quantitative estimate of drug-likeness (QED) is 0.340. The van der Waals surface area contributed by atoms with E-state index in [1.807, 2.05) is 6.92 Å². The smallest absolute Gasteiger partial charge is 0.411 e. The Morgan fingerprint density at radius 2 is 1.65 bits per heavy atom. The van der Waals surface area contributed by atoms with Crippen molar-refractivity contribution in [3.63, 3.8) is 0 Å². The Morgan fingerprint density at radius 1 is 1.15 bits per heavy atom. The number of nitrogens with zero attached hydrogens (tertiary/aromatic N) is 1. The van der Waals surface area contributed by atoms with Gasteiger partial charge in [-0.2, -0.15) is 0 Å². The highest BCUT2D eigenvalue weighted by Gasteiger charge is 2.38. The molecule has 1 unspecified atom stereocenters. The van der Waals surface area contributed by atoms with Crippen molar-refractivity contribution in [2.24, 2.45) is 0 Å². The molecule has 1 atom stereocenters. The maximum absolute atomic E-state index is 12.5. The molecular formula is C20H37NO4Si. The van der Waals surface area contributed by atoms with Crippen LogP contribution in [0.3, 0.4) is 0 Å².